The van der Waals surface area contributed by atoms with Crippen molar-refractivity contribution in [1.29, 1.82) is 0 Å². The molecule has 0 spiro atoms. The molecule has 5 nitrogen and oxygen atoms in total. The third kappa shape index (κ3) is 5.10. The zero-order chi connectivity index (χ0) is 12.7. The van der Waals surface area contributed by atoms with Crippen LogP contribution < -0.4 is 10.1 Å². The zero-order valence-electron chi connectivity index (χ0n) is 10.7. The molecule has 0 amide bonds. The smallest absolute Gasteiger partial charge is 0.233 e. The van der Waals surface area contributed by atoms with Gasteiger partial charge in [0.1, 0.15) is 0 Å². The SMILES string of the molecule is CCCC(C)(O)CNCc1ccc(OC)nn1. The highest BCUT2D eigenvalue weighted by atomic mass is 16.5. The molecular formula is C12H21N3O2. The summed E-state index contributed by atoms with van der Waals surface area (Å²) in [6, 6.07) is 3.63. The fraction of sp³-hybridized carbons (Fsp3) is 0.667. The van der Waals surface area contributed by atoms with Crippen LogP contribution in [0.25, 0.3) is 0 Å². The Morgan fingerprint density at radius 1 is 1.41 bits per heavy atom. The van der Waals surface area contributed by atoms with Crippen LogP contribution >= 0.6 is 0 Å². The van der Waals surface area contributed by atoms with E-state index in [9.17, 15) is 5.11 Å². The van der Waals surface area contributed by atoms with Crippen LogP contribution in [0.1, 0.15) is 32.4 Å². The Kier molecular flexibility index (Phi) is 5.31. The number of nitrogens with zero attached hydrogens (tertiary/aromatic N) is 2. The van der Waals surface area contributed by atoms with Crippen molar-refractivity contribution in [1.82, 2.24) is 15.5 Å². The van der Waals surface area contributed by atoms with E-state index in [1.54, 1.807) is 13.2 Å². The van der Waals surface area contributed by atoms with E-state index in [-0.39, 0.29) is 0 Å². The Morgan fingerprint density at radius 2 is 2.18 bits per heavy atom. The molecule has 0 saturated carbocycles. The summed E-state index contributed by atoms with van der Waals surface area (Å²) in [4.78, 5) is 0. The number of rotatable bonds is 7. The van der Waals surface area contributed by atoms with Gasteiger partial charge in [-0.2, -0.15) is 5.10 Å². The molecule has 1 aromatic rings. The van der Waals surface area contributed by atoms with Gasteiger partial charge in [0.15, 0.2) is 0 Å². The molecule has 1 atom stereocenters. The van der Waals surface area contributed by atoms with E-state index in [1.165, 1.54) is 0 Å². The van der Waals surface area contributed by atoms with Crippen LogP contribution in [0, 0.1) is 0 Å². The standard InChI is InChI=1S/C12H21N3O2/c1-4-7-12(2,16)9-13-8-10-5-6-11(17-3)15-14-10/h5-6,13,16H,4,7-9H2,1-3H3. The Balaban J connectivity index is 2.35. The Morgan fingerprint density at radius 3 is 2.71 bits per heavy atom. The van der Waals surface area contributed by atoms with Crippen molar-refractivity contribution < 1.29 is 9.84 Å². The van der Waals surface area contributed by atoms with Gasteiger partial charge in [0.25, 0.3) is 0 Å². The van der Waals surface area contributed by atoms with Crippen molar-refractivity contribution in [3.8, 4) is 5.88 Å². The molecule has 1 heterocycles. The van der Waals surface area contributed by atoms with Gasteiger partial charge in [-0.1, -0.05) is 13.3 Å². The number of hydrogen-bond acceptors (Lipinski definition) is 5. The fourth-order valence-corrected chi connectivity index (χ4v) is 1.64. The number of methoxy groups -OCH3 is 1. The molecule has 0 fully saturated rings. The van der Waals surface area contributed by atoms with Crippen molar-refractivity contribution in [2.24, 2.45) is 0 Å². The summed E-state index contributed by atoms with van der Waals surface area (Å²) in [6.07, 6.45) is 1.76. The molecule has 2 N–H and O–H groups in total. The molecule has 17 heavy (non-hydrogen) atoms. The first kappa shape index (κ1) is 13.9. The van der Waals surface area contributed by atoms with Crippen LogP contribution in [-0.4, -0.2) is 34.6 Å². The van der Waals surface area contributed by atoms with E-state index >= 15 is 0 Å². The largest absolute Gasteiger partial charge is 0.480 e. The molecule has 0 bridgehead atoms. The van der Waals surface area contributed by atoms with Crippen molar-refractivity contribution in [2.45, 2.75) is 38.8 Å². The Labute approximate surface area is 102 Å². The molecule has 0 radical (unpaired) electrons. The lowest BCUT2D eigenvalue weighted by Gasteiger charge is -2.22. The van der Waals surface area contributed by atoms with E-state index < -0.39 is 5.60 Å². The molecule has 5 heteroatoms. The number of aliphatic hydroxyl groups is 1. The van der Waals surface area contributed by atoms with Gasteiger partial charge < -0.3 is 15.2 Å². The van der Waals surface area contributed by atoms with E-state index in [0.29, 0.717) is 19.0 Å². The van der Waals surface area contributed by atoms with Crippen LogP contribution in [0.3, 0.4) is 0 Å². The van der Waals surface area contributed by atoms with Crippen molar-refractivity contribution in [3.05, 3.63) is 17.8 Å². The first-order valence-electron chi connectivity index (χ1n) is 5.87. The minimum Gasteiger partial charge on any atom is -0.480 e. The summed E-state index contributed by atoms with van der Waals surface area (Å²) in [6.45, 7) is 5.04. The van der Waals surface area contributed by atoms with E-state index in [0.717, 1.165) is 18.5 Å². The van der Waals surface area contributed by atoms with Crippen LogP contribution in [-0.2, 0) is 6.54 Å². The van der Waals surface area contributed by atoms with Gasteiger partial charge >= 0.3 is 0 Å². The van der Waals surface area contributed by atoms with Gasteiger partial charge in [-0.05, 0) is 19.4 Å². The molecular weight excluding hydrogens is 218 g/mol. The maximum Gasteiger partial charge on any atom is 0.233 e. The molecule has 1 aromatic heterocycles. The third-order valence-electron chi connectivity index (χ3n) is 2.50. The van der Waals surface area contributed by atoms with Crippen LogP contribution in [0.5, 0.6) is 5.88 Å². The van der Waals surface area contributed by atoms with E-state index in [1.807, 2.05) is 13.0 Å². The molecule has 0 aliphatic heterocycles. The van der Waals surface area contributed by atoms with Crippen molar-refractivity contribution in [2.75, 3.05) is 13.7 Å². The Hall–Kier alpha value is -1.20. The van der Waals surface area contributed by atoms with Gasteiger partial charge in [-0.25, -0.2) is 0 Å². The highest BCUT2D eigenvalue weighted by Crippen LogP contribution is 2.10. The van der Waals surface area contributed by atoms with Gasteiger partial charge in [-0.3, -0.25) is 0 Å². The second-order valence-electron chi connectivity index (χ2n) is 4.42. The average Bonchev–Trinajstić information content (AvgIpc) is 2.29. The lowest BCUT2D eigenvalue weighted by atomic mass is 10.0. The van der Waals surface area contributed by atoms with E-state index in [2.05, 4.69) is 22.4 Å². The first-order chi connectivity index (χ1) is 8.07. The normalized spacial score (nSPS) is 14.4. The van der Waals surface area contributed by atoms with Crippen LogP contribution in [0.4, 0.5) is 0 Å². The summed E-state index contributed by atoms with van der Waals surface area (Å²) in [7, 11) is 1.56. The number of nitrogens with one attached hydrogen (secondary N) is 1. The minimum absolute atomic E-state index is 0.506. The second kappa shape index (κ2) is 6.51. The summed E-state index contributed by atoms with van der Waals surface area (Å²) in [5, 5.41) is 21.0. The predicted molar refractivity (Wildman–Crippen MR) is 65.8 cm³/mol. The molecule has 0 saturated heterocycles. The van der Waals surface area contributed by atoms with Crippen LogP contribution in [0.15, 0.2) is 12.1 Å². The Bertz CT molecular complexity index is 325. The predicted octanol–water partition coefficient (Wildman–Crippen LogP) is 1.13. The first-order valence-corrected chi connectivity index (χ1v) is 5.87. The summed E-state index contributed by atoms with van der Waals surface area (Å²) < 4.78 is 4.93. The average molecular weight is 239 g/mol. The molecule has 0 aromatic carbocycles. The monoisotopic (exact) mass is 239 g/mol. The summed E-state index contributed by atoms with van der Waals surface area (Å²) in [5.74, 6) is 0.506. The molecule has 0 aliphatic rings. The molecule has 0 aliphatic carbocycles. The summed E-state index contributed by atoms with van der Waals surface area (Å²) >= 11 is 0. The molecule has 1 rings (SSSR count). The maximum atomic E-state index is 9.96. The topological polar surface area (TPSA) is 67.3 Å². The lowest BCUT2D eigenvalue weighted by Crippen LogP contribution is -2.37. The molecule has 1 unspecified atom stereocenters. The maximum absolute atomic E-state index is 9.96. The minimum atomic E-state index is -0.658. The van der Waals surface area contributed by atoms with Gasteiger partial charge in [0, 0.05) is 19.2 Å². The zero-order valence-corrected chi connectivity index (χ0v) is 10.7. The van der Waals surface area contributed by atoms with Crippen molar-refractivity contribution in [3.63, 3.8) is 0 Å². The number of ether oxygens (including phenoxy) is 1. The van der Waals surface area contributed by atoms with Crippen LogP contribution in [0.2, 0.25) is 0 Å². The van der Waals surface area contributed by atoms with Gasteiger partial charge in [0.2, 0.25) is 5.88 Å². The quantitative estimate of drug-likeness (QED) is 0.746. The third-order valence-corrected chi connectivity index (χ3v) is 2.50. The number of aromatic nitrogens is 2. The highest BCUT2D eigenvalue weighted by Gasteiger charge is 2.17. The summed E-state index contributed by atoms with van der Waals surface area (Å²) in [5.41, 5.74) is 0.173. The molecule has 96 valence electrons. The van der Waals surface area contributed by atoms with Gasteiger partial charge in [-0.15, -0.1) is 5.10 Å². The van der Waals surface area contributed by atoms with Gasteiger partial charge in [0.05, 0.1) is 18.4 Å². The second-order valence-corrected chi connectivity index (χ2v) is 4.42. The fourth-order valence-electron chi connectivity index (χ4n) is 1.64. The number of hydrogen-bond donors (Lipinski definition) is 2. The lowest BCUT2D eigenvalue weighted by molar-refractivity contribution is 0.0497. The highest BCUT2D eigenvalue weighted by molar-refractivity contribution is 5.11. The van der Waals surface area contributed by atoms with Crippen molar-refractivity contribution >= 4 is 0 Å². The van der Waals surface area contributed by atoms with E-state index in [4.69, 9.17) is 4.74 Å².